The van der Waals surface area contributed by atoms with Crippen molar-refractivity contribution in [2.24, 2.45) is 0 Å². The molecule has 0 saturated heterocycles. The van der Waals surface area contributed by atoms with E-state index in [1.807, 2.05) is 20.8 Å². The van der Waals surface area contributed by atoms with E-state index in [1.54, 1.807) is 0 Å². The van der Waals surface area contributed by atoms with Crippen molar-refractivity contribution in [2.45, 2.75) is 45.2 Å². The minimum absolute atomic E-state index is 0.0968. The third-order valence-electron chi connectivity index (χ3n) is 2.85. The number of halogens is 2. The molecule has 0 bridgehead atoms. The molecule has 0 aliphatic carbocycles. The topological polar surface area (TPSA) is 45.0 Å². The van der Waals surface area contributed by atoms with Crippen molar-refractivity contribution in [3.63, 3.8) is 0 Å². The largest absolute Gasteiger partial charge is 0.490 e. The van der Waals surface area contributed by atoms with Crippen LogP contribution in [0.3, 0.4) is 0 Å². The molecule has 0 saturated carbocycles. The van der Waals surface area contributed by atoms with Gasteiger partial charge in [0.05, 0.1) is 12.7 Å². The van der Waals surface area contributed by atoms with Crippen LogP contribution in [0.4, 0.5) is 8.78 Å². The maximum absolute atomic E-state index is 13.3. The summed E-state index contributed by atoms with van der Waals surface area (Å²) in [4.78, 5) is 0. The first-order valence-electron chi connectivity index (χ1n) is 6.64. The van der Waals surface area contributed by atoms with Crippen molar-refractivity contribution < 1.29 is 13.5 Å². The minimum Gasteiger partial charge on any atom is -0.490 e. The molecule has 1 N–H and O–H groups in total. The summed E-state index contributed by atoms with van der Waals surface area (Å²) in [6, 6.07) is 6.25. The number of nitrogens with one attached hydrogen (secondary N) is 1. The number of ether oxygens (including phenoxy) is 1. The Hall–Kier alpha value is -1.67. The smallest absolute Gasteiger partial charge is 0.200 e. The molecule has 1 atom stereocenters. The third kappa shape index (κ3) is 4.78. The highest BCUT2D eigenvalue weighted by Crippen LogP contribution is 2.20. The van der Waals surface area contributed by atoms with Gasteiger partial charge in [-0.15, -0.1) is 0 Å². The lowest BCUT2D eigenvalue weighted by Crippen LogP contribution is -2.45. The van der Waals surface area contributed by atoms with Crippen molar-refractivity contribution in [3.8, 4) is 11.8 Å². The molecule has 0 aliphatic heterocycles. The van der Waals surface area contributed by atoms with Gasteiger partial charge in [-0.1, -0.05) is 6.07 Å². The van der Waals surface area contributed by atoms with Gasteiger partial charge in [-0.2, -0.15) is 9.65 Å². The van der Waals surface area contributed by atoms with Gasteiger partial charge < -0.3 is 4.74 Å². The van der Waals surface area contributed by atoms with Crippen LogP contribution in [0, 0.1) is 23.0 Å². The van der Waals surface area contributed by atoms with E-state index in [2.05, 4.69) is 11.4 Å². The normalized spacial score (nSPS) is 13.8. The van der Waals surface area contributed by atoms with Crippen LogP contribution in [0.25, 0.3) is 0 Å². The summed E-state index contributed by atoms with van der Waals surface area (Å²) >= 11 is 0. The van der Waals surface area contributed by atoms with Gasteiger partial charge in [0, 0.05) is 6.04 Å². The SMILES string of the molecule is CC(C)NC(C)(C#N)CCCOc1cccc(F)c1F. The molecular formula is C15H20F2N2O. The lowest BCUT2D eigenvalue weighted by molar-refractivity contribution is 0.266. The molecule has 1 rings (SSSR count). The molecule has 1 unspecified atom stereocenters. The minimum atomic E-state index is -0.976. The number of hydrogen-bond acceptors (Lipinski definition) is 3. The van der Waals surface area contributed by atoms with Crippen LogP contribution in [-0.2, 0) is 0 Å². The number of benzene rings is 1. The second-order valence-corrected chi connectivity index (χ2v) is 5.25. The molecule has 0 radical (unpaired) electrons. The Labute approximate surface area is 118 Å². The van der Waals surface area contributed by atoms with Gasteiger partial charge in [-0.25, -0.2) is 4.39 Å². The number of hydrogen-bond donors (Lipinski definition) is 1. The monoisotopic (exact) mass is 282 g/mol. The molecule has 0 amide bonds. The van der Waals surface area contributed by atoms with Crippen molar-refractivity contribution in [2.75, 3.05) is 6.61 Å². The summed E-state index contributed by atoms with van der Waals surface area (Å²) in [7, 11) is 0. The Morgan fingerprint density at radius 3 is 2.70 bits per heavy atom. The molecule has 0 aliphatic rings. The van der Waals surface area contributed by atoms with Crippen molar-refractivity contribution in [1.29, 1.82) is 5.26 Å². The predicted molar refractivity (Wildman–Crippen MR) is 73.4 cm³/mol. The fourth-order valence-electron chi connectivity index (χ4n) is 2.00. The van der Waals surface area contributed by atoms with Gasteiger partial charge in [0.25, 0.3) is 0 Å². The molecule has 1 aromatic carbocycles. The second-order valence-electron chi connectivity index (χ2n) is 5.25. The summed E-state index contributed by atoms with van der Waals surface area (Å²) in [5.74, 6) is -2.00. The molecule has 0 spiro atoms. The predicted octanol–water partition coefficient (Wildman–Crippen LogP) is 3.40. The first-order valence-corrected chi connectivity index (χ1v) is 6.64. The highest BCUT2D eigenvalue weighted by Gasteiger charge is 2.23. The van der Waals surface area contributed by atoms with E-state index in [-0.39, 0.29) is 18.4 Å². The van der Waals surface area contributed by atoms with E-state index in [0.29, 0.717) is 12.8 Å². The maximum Gasteiger partial charge on any atom is 0.200 e. The quantitative estimate of drug-likeness (QED) is 0.780. The first kappa shape index (κ1) is 16.4. The number of nitriles is 1. The van der Waals surface area contributed by atoms with Gasteiger partial charge in [-0.3, -0.25) is 5.32 Å². The van der Waals surface area contributed by atoms with Crippen LogP contribution in [-0.4, -0.2) is 18.2 Å². The molecule has 20 heavy (non-hydrogen) atoms. The summed E-state index contributed by atoms with van der Waals surface area (Å²) < 4.78 is 31.5. The Balaban J connectivity index is 2.45. The lowest BCUT2D eigenvalue weighted by Gasteiger charge is -2.25. The second kappa shape index (κ2) is 7.20. The Morgan fingerprint density at radius 1 is 1.40 bits per heavy atom. The Morgan fingerprint density at radius 2 is 2.10 bits per heavy atom. The van der Waals surface area contributed by atoms with E-state index in [1.165, 1.54) is 12.1 Å². The fraction of sp³-hybridized carbons (Fsp3) is 0.533. The fourth-order valence-corrected chi connectivity index (χ4v) is 2.00. The third-order valence-corrected chi connectivity index (χ3v) is 2.85. The summed E-state index contributed by atoms with van der Waals surface area (Å²) in [6.07, 6.45) is 1.14. The van der Waals surface area contributed by atoms with Crippen LogP contribution in [0.5, 0.6) is 5.75 Å². The molecule has 5 heteroatoms. The average Bonchev–Trinajstić information content (AvgIpc) is 2.38. The van der Waals surface area contributed by atoms with Gasteiger partial charge in [0.2, 0.25) is 5.82 Å². The van der Waals surface area contributed by atoms with E-state index in [4.69, 9.17) is 10.00 Å². The van der Waals surface area contributed by atoms with Crippen molar-refractivity contribution >= 4 is 0 Å². The van der Waals surface area contributed by atoms with Gasteiger partial charge in [-0.05, 0) is 45.7 Å². The van der Waals surface area contributed by atoms with Gasteiger partial charge >= 0.3 is 0 Å². The van der Waals surface area contributed by atoms with Crippen LogP contribution in [0.2, 0.25) is 0 Å². The lowest BCUT2D eigenvalue weighted by atomic mass is 9.97. The highest BCUT2D eigenvalue weighted by atomic mass is 19.2. The van der Waals surface area contributed by atoms with E-state index in [0.717, 1.165) is 6.07 Å². The Kier molecular flexibility index (Phi) is 5.90. The van der Waals surface area contributed by atoms with Crippen molar-refractivity contribution in [1.82, 2.24) is 5.32 Å². The Bertz CT molecular complexity index is 485. The molecule has 0 heterocycles. The van der Waals surface area contributed by atoms with E-state index >= 15 is 0 Å². The zero-order chi connectivity index (χ0) is 15.2. The zero-order valence-corrected chi connectivity index (χ0v) is 12.0. The molecule has 0 aromatic heterocycles. The molecule has 1 aromatic rings. The van der Waals surface area contributed by atoms with Crippen LogP contribution in [0.15, 0.2) is 18.2 Å². The highest BCUT2D eigenvalue weighted by molar-refractivity contribution is 5.24. The van der Waals surface area contributed by atoms with Crippen LogP contribution >= 0.6 is 0 Å². The van der Waals surface area contributed by atoms with Gasteiger partial charge in [0.15, 0.2) is 11.6 Å². The zero-order valence-electron chi connectivity index (χ0n) is 12.0. The summed E-state index contributed by atoms with van der Waals surface area (Å²) in [6.45, 7) is 5.98. The number of rotatable bonds is 7. The van der Waals surface area contributed by atoms with Crippen molar-refractivity contribution in [3.05, 3.63) is 29.8 Å². The van der Waals surface area contributed by atoms with Crippen LogP contribution < -0.4 is 10.1 Å². The standard InChI is InChI=1S/C15H20F2N2O/c1-11(2)19-15(3,10-18)8-5-9-20-13-7-4-6-12(16)14(13)17/h4,6-7,11,19H,5,8-9H2,1-3H3. The first-order chi connectivity index (χ1) is 9.38. The molecular weight excluding hydrogens is 262 g/mol. The van der Waals surface area contributed by atoms with E-state index in [9.17, 15) is 8.78 Å². The molecule has 3 nitrogen and oxygen atoms in total. The van der Waals surface area contributed by atoms with E-state index < -0.39 is 17.2 Å². The molecule has 0 fully saturated rings. The number of nitrogens with zero attached hydrogens (tertiary/aromatic N) is 1. The summed E-state index contributed by atoms with van der Waals surface area (Å²) in [5.41, 5.74) is -0.641. The van der Waals surface area contributed by atoms with Gasteiger partial charge in [0.1, 0.15) is 5.54 Å². The summed E-state index contributed by atoms with van der Waals surface area (Å²) in [5, 5.41) is 12.3. The van der Waals surface area contributed by atoms with Crippen LogP contribution in [0.1, 0.15) is 33.6 Å². The molecule has 110 valence electrons. The average molecular weight is 282 g/mol. The maximum atomic E-state index is 13.3.